The second-order valence-corrected chi connectivity index (χ2v) is 7.59. The topological polar surface area (TPSA) is 82.9 Å². The van der Waals surface area contributed by atoms with Crippen LogP contribution < -0.4 is 4.72 Å². The molecule has 0 aliphatic carbocycles. The van der Waals surface area contributed by atoms with Gasteiger partial charge < -0.3 is 0 Å². The van der Waals surface area contributed by atoms with Crippen molar-refractivity contribution in [2.45, 2.75) is 18.7 Å². The van der Waals surface area contributed by atoms with Gasteiger partial charge in [0, 0.05) is 5.69 Å². The van der Waals surface area contributed by atoms with Crippen LogP contribution in [0.2, 0.25) is 0 Å². The molecule has 2 aromatic carbocycles. The molecule has 0 saturated heterocycles. The van der Waals surface area contributed by atoms with E-state index in [4.69, 9.17) is 5.26 Å². The quantitative estimate of drug-likeness (QED) is 0.758. The van der Waals surface area contributed by atoms with Crippen LogP contribution >= 0.6 is 0 Å². The predicted octanol–water partition coefficient (Wildman–Crippen LogP) is 4.04. The van der Waals surface area contributed by atoms with E-state index in [2.05, 4.69) is 15.8 Å². The number of hydrogen-bond donors (Lipinski definition) is 1. The Morgan fingerprint density at radius 3 is 2.27 bits per heavy atom. The van der Waals surface area contributed by atoms with Gasteiger partial charge >= 0.3 is 0 Å². The highest BCUT2D eigenvalue weighted by Gasteiger charge is 2.18. The fourth-order valence-electron chi connectivity index (χ4n) is 2.66. The molecule has 0 atom stereocenters. The van der Waals surface area contributed by atoms with E-state index in [1.54, 1.807) is 56.3 Å². The molecule has 6 heteroatoms. The standard InChI is InChI=1S/C20H17N3O2S/c1-14-12-18(17-8-6-16(13-21)7-9-17)10-11-19(14)26(24,25)23-20-5-3-4-15(2)22-20/h3-12H,1-2H3,(H,22,23). The molecule has 130 valence electrons. The number of pyridine rings is 1. The first-order chi connectivity index (χ1) is 12.4. The van der Waals surface area contributed by atoms with Crippen LogP contribution in [0.1, 0.15) is 16.8 Å². The van der Waals surface area contributed by atoms with Crippen molar-refractivity contribution in [3.8, 4) is 17.2 Å². The summed E-state index contributed by atoms with van der Waals surface area (Å²) in [6.07, 6.45) is 0. The maximum atomic E-state index is 12.7. The summed E-state index contributed by atoms with van der Waals surface area (Å²) in [6, 6.07) is 19.6. The van der Waals surface area contributed by atoms with Gasteiger partial charge in [0.1, 0.15) is 5.82 Å². The van der Waals surface area contributed by atoms with Crippen molar-refractivity contribution in [3.05, 3.63) is 77.5 Å². The third kappa shape index (κ3) is 3.73. The van der Waals surface area contributed by atoms with E-state index in [0.29, 0.717) is 16.9 Å². The number of sulfonamides is 1. The van der Waals surface area contributed by atoms with E-state index in [9.17, 15) is 8.42 Å². The van der Waals surface area contributed by atoms with E-state index in [1.807, 2.05) is 18.2 Å². The molecule has 0 aliphatic rings. The molecule has 1 aromatic heterocycles. The second kappa shape index (κ2) is 6.98. The molecule has 0 fully saturated rings. The van der Waals surface area contributed by atoms with Crippen LogP contribution in [-0.2, 0) is 10.0 Å². The average molecular weight is 363 g/mol. The van der Waals surface area contributed by atoms with E-state index < -0.39 is 10.0 Å². The van der Waals surface area contributed by atoms with E-state index in [-0.39, 0.29) is 4.90 Å². The van der Waals surface area contributed by atoms with Crippen LogP contribution in [0.5, 0.6) is 0 Å². The Hall–Kier alpha value is -3.17. The molecule has 1 N–H and O–H groups in total. The fourth-order valence-corrected chi connectivity index (χ4v) is 3.89. The van der Waals surface area contributed by atoms with Gasteiger partial charge in [-0.1, -0.05) is 30.3 Å². The zero-order valence-electron chi connectivity index (χ0n) is 14.4. The SMILES string of the molecule is Cc1cccc(NS(=O)(=O)c2ccc(-c3ccc(C#N)cc3)cc2C)n1. The molecular weight excluding hydrogens is 346 g/mol. The zero-order valence-corrected chi connectivity index (χ0v) is 15.2. The first-order valence-corrected chi connectivity index (χ1v) is 9.45. The number of rotatable bonds is 4. The first-order valence-electron chi connectivity index (χ1n) is 7.97. The monoisotopic (exact) mass is 363 g/mol. The molecule has 0 aliphatic heterocycles. The van der Waals surface area contributed by atoms with Gasteiger partial charge in [0.05, 0.1) is 16.5 Å². The lowest BCUT2D eigenvalue weighted by Gasteiger charge is -2.12. The minimum atomic E-state index is -3.73. The number of nitriles is 1. The molecule has 0 saturated carbocycles. The highest BCUT2D eigenvalue weighted by molar-refractivity contribution is 7.92. The summed E-state index contributed by atoms with van der Waals surface area (Å²) in [6.45, 7) is 3.56. The smallest absolute Gasteiger partial charge is 0.263 e. The first kappa shape index (κ1) is 17.6. The summed E-state index contributed by atoms with van der Waals surface area (Å²) in [4.78, 5) is 4.39. The molecule has 26 heavy (non-hydrogen) atoms. The summed E-state index contributed by atoms with van der Waals surface area (Å²) in [5.41, 5.74) is 3.76. The number of aryl methyl sites for hydroxylation is 2. The highest BCUT2D eigenvalue weighted by atomic mass is 32.2. The Morgan fingerprint density at radius 2 is 1.65 bits per heavy atom. The fraction of sp³-hybridized carbons (Fsp3) is 0.100. The highest BCUT2D eigenvalue weighted by Crippen LogP contribution is 2.26. The minimum absolute atomic E-state index is 0.207. The molecule has 3 rings (SSSR count). The van der Waals surface area contributed by atoms with E-state index in [1.165, 1.54) is 0 Å². The predicted molar refractivity (Wildman–Crippen MR) is 101 cm³/mol. The third-order valence-electron chi connectivity index (χ3n) is 3.94. The van der Waals surface area contributed by atoms with Gasteiger partial charge in [0.25, 0.3) is 10.0 Å². The van der Waals surface area contributed by atoms with Crippen molar-refractivity contribution >= 4 is 15.8 Å². The lowest BCUT2D eigenvalue weighted by Crippen LogP contribution is -2.15. The van der Waals surface area contributed by atoms with Gasteiger partial charge in [0.2, 0.25) is 0 Å². The number of benzene rings is 2. The van der Waals surface area contributed by atoms with Crippen LogP contribution in [0.25, 0.3) is 11.1 Å². The van der Waals surface area contributed by atoms with Gasteiger partial charge in [-0.2, -0.15) is 5.26 Å². The van der Waals surface area contributed by atoms with Gasteiger partial charge in [-0.3, -0.25) is 4.72 Å². The van der Waals surface area contributed by atoms with Gasteiger partial charge in [-0.25, -0.2) is 13.4 Å². The second-order valence-electron chi connectivity index (χ2n) is 5.94. The van der Waals surface area contributed by atoms with Gasteiger partial charge in [-0.05, 0) is 60.9 Å². The van der Waals surface area contributed by atoms with E-state index >= 15 is 0 Å². The summed E-state index contributed by atoms with van der Waals surface area (Å²) in [5, 5.41) is 8.88. The van der Waals surface area contributed by atoms with Crippen LogP contribution in [0, 0.1) is 25.2 Å². The molecule has 1 heterocycles. The minimum Gasteiger partial charge on any atom is -0.263 e. The lowest BCUT2D eigenvalue weighted by molar-refractivity contribution is 0.600. The number of nitrogens with one attached hydrogen (secondary N) is 1. The van der Waals surface area contributed by atoms with Crippen LogP contribution in [0.15, 0.2) is 65.6 Å². The normalized spacial score (nSPS) is 11.0. The number of nitrogens with zero attached hydrogens (tertiary/aromatic N) is 2. The maximum Gasteiger partial charge on any atom is 0.263 e. The van der Waals surface area contributed by atoms with Crippen molar-refractivity contribution in [3.63, 3.8) is 0 Å². The molecule has 3 aromatic rings. The van der Waals surface area contributed by atoms with Crippen molar-refractivity contribution in [2.24, 2.45) is 0 Å². The Balaban J connectivity index is 1.92. The molecule has 0 unspecified atom stereocenters. The zero-order chi connectivity index (χ0) is 18.7. The van der Waals surface area contributed by atoms with Crippen molar-refractivity contribution in [2.75, 3.05) is 4.72 Å². The number of aromatic nitrogens is 1. The van der Waals surface area contributed by atoms with Crippen LogP contribution in [-0.4, -0.2) is 13.4 Å². The van der Waals surface area contributed by atoms with Gasteiger partial charge in [-0.15, -0.1) is 0 Å². The van der Waals surface area contributed by atoms with Gasteiger partial charge in [0.15, 0.2) is 0 Å². The van der Waals surface area contributed by atoms with E-state index in [0.717, 1.165) is 16.8 Å². The Morgan fingerprint density at radius 1 is 0.962 bits per heavy atom. The summed E-state index contributed by atoms with van der Waals surface area (Å²) in [7, 11) is -3.73. The largest absolute Gasteiger partial charge is 0.263 e. The average Bonchev–Trinajstić information content (AvgIpc) is 2.61. The summed E-state index contributed by atoms with van der Waals surface area (Å²) in [5.74, 6) is 0.292. The van der Waals surface area contributed by atoms with Crippen LogP contribution in [0.3, 0.4) is 0 Å². The van der Waals surface area contributed by atoms with Crippen LogP contribution in [0.4, 0.5) is 5.82 Å². The Labute approximate surface area is 153 Å². The Bertz CT molecular complexity index is 1100. The molecule has 0 radical (unpaired) electrons. The van der Waals surface area contributed by atoms with Crippen molar-refractivity contribution < 1.29 is 8.42 Å². The summed E-state index contributed by atoms with van der Waals surface area (Å²) >= 11 is 0. The molecule has 5 nitrogen and oxygen atoms in total. The van der Waals surface area contributed by atoms with Crippen molar-refractivity contribution in [1.82, 2.24) is 4.98 Å². The summed E-state index contributed by atoms with van der Waals surface area (Å²) < 4.78 is 27.9. The molecule has 0 amide bonds. The molecular formula is C20H17N3O2S. The number of anilines is 1. The lowest BCUT2D eigenvalue weighted by atomic mass is 10.0. The Kier molecular flexibility index (Phi) is 4.74. The maximum absolute atomic E-state index is 12.7. The van der Waals surface area contributed by atoms with Crippen molar-refractivity contribution in [1.29, 1.82) is 5.26 Å². The number of hydrogen-bond acceptors (Lipinski definition) is 4. The third-order valence-corrected chi connectivity index (χ3v) is 5.45. The molecule has 0 spiro atoms. The molecule has 0 bridgehead atoms.